The van der Waals surface area contributed by atoms with Gasteiger partial charge in [0.05, 0.1) is 12.3 Å². The van der Waals surface area contributed by atoms with Crippen molar-refractivity contribution in [2.45, 2.75) is 6.61 Å². The van der Waals surface area contributed by atoms with Crippen molar-refractivity contribution in [1.82, 2.24) is 19.7 Å². The maximum atomic E-state index is 11.4. The fourth-order valence-corrected chi connectivity index (χ4v) is 1.79. The van der Waals surface area contributed by atoms with Gasteiger partial charge in [-0.3, -0.25) is 4.68 Å². The average Bonchev–Trinajstić information content (AvgIpc) is 2.67. The molecule has 0 saturated carbocycles. The zero-order valence-electron chi connectivity index (χ0n) is 9.99. The van der Waals surface area contributed by atoms with Crippen LogP contribution in [0.1, 0.15) is 16.1 Å². The van der Waals surface area contributed by atoms with Gasteiger partial charge in [-0.25, -0.2) is 14.8 Å². The van der Waals surface area contributed by atoms with Gasteiger partial charge in [-0.1, -0.05) is 0 Å². The second-order valence-electron chi connectivity index (χ2n) is 3.66. The lowest BCUT2D eigenvalue weighted by Crippen LogP contribution is -2.03. The van der Waals surface area contributed by atoms with Crippen LogP contribution in [0.15, 0.2) is 18.7 Å². The fraction of sp³-hybridized carbons (Fsp3) is 0.273. The highest BCUT2D eigenvalue weighted by atomic mass is 16.5. The molecule has 0 saturated heterocycles. The number of hydrogen-bond acceptors (Lipinski definition) is 5. The summed E-state index contributed by atoms with van der Waals surface area (Å²) in [6, 6.07) is 0. The smallest absolute Gasteiger partial charge is 0.339 e. The van der Waals surface area contributed by atoms with E-state index in [2.05, 4.69) is 15.1 Å². The van der Waals surface area contributed by atoms with E-state index in [4.69, 9.17) is 4.74 Å². The number of rotatable bonds is 4. The van der Waals surface area contributed by atoms with Crippen LogP contribution in [0.5, 0.6) is 0 Å². The maximum absolute atomic E-state index is 11.4. The Morgan fingerprint density at radius 1 is 1.44 bits per heavy atom. The lowest BCUT2D eigenvalue weighted by atomic mass is 10.1. The van der Waals surface area contributed by atoms with Crippen LogP contribution in [0.4, 0.5) is 0 Å². The molecule has 2 rings (SSSR count). The number of carboxylic acid groups (broad SMARTS) is 1. The molecular weight excluding hydrogens is 236 g/mol. The molecule has 2 heterocycles. The number of aryl methyl sites for hydroxylation is 1. The van der Waals surface area contributed by atoms with Crippen LogP contribution >= 0.6 is 0 Å². The fourth-order valence-electron chi connectivity index (χ4n) is 1.79. The second-order valence-corrected chi connectivity index (χ2v) is 3.66. The van der Waals surface area contributed by atoms with Crippen LogP contribution in [0.25, 0.3) is 11.3 Å². The van der Waals surface area contributed by atoms with Gasteiger partial charge in [0.25, 0.3) is 0 Å². The normalized spacial score (nSPS) is 10.6. The Bertz CT molecular complexity index is 565. The molecular formula is C11H12N4O3. The molecule has 0 bridgehead atoms. The highest BCUT2D eigenvalue weighted by molar-refractivity contribution is 5.96. The third kappa shape index (κ3) is 2.07. The molecule has 0 unspecified atom stereocenters. The molecule has 7 heteroatoms. The summed E-state index contributed by atoms with van der Waals surface area (Å²) in [5, 5.41) is 13.5. The van der Waals surface area contributed by atoms with Crippen LogP contribution in [-0.4, -0.2) is 37.9 Å². The SMILES string of the molecule is COCc1nn(C)c(-c2cncnc2)c1C(=O)O. The van der Waals surface area contributed by atoms with Gasteiger partial charge < -0.3 is 9.84 Å². The number of hydrogen-bond donors (Lipinski definition) is 1. The molecule has 7 nitrogen and oxygen atoms in total. The molecule has 2 aromatic heterocycles. The lowest BCUT2D eigenvalue weighted by Gasteiger charge is -2.02. The van der Waals surface area contributed by atoms with E-state index < -0.39 is 5.97 Å². The summed E-state index contributed by atoms with van der Waals surface area (Å²) in [7, 11) is 3.17. The quantitative estimate of drug-likeness (QED) is 0.857. The lowest BCUT2D eigenvalue weighted by molar-refractivity contribution is 0.0692. The Morgan fingerprint density at radius 2 is 2.11 bits per heavy atom. The largest absolute Gasteiger partial charge is 0.478 e. The Balaban J connectivity index is 2.63. The molecule has 18 heavy (non-hydrogen) atoms. The summed E-state index contributed by atoms with van der Waals surface area (Å²) in [6.45, 7) is 0.142. The van der Waals surface area contributed by atoms with E-state index in [1.165, 1.54) is 18.1 Å². The van der Waals surface area contributed by atoms with Gasteiger partial charge in [0.15, 0.2) is 0 Å². The zero-order valence-corrected chi connectivity index (χ0v) is 9.99. The zero-order chi connectivity index (χ0) is 13.1. The van der Waals surface area contributed by atoms with Crippen LogP contribution in [0.2, 0.25) is 0 Å². The Morgan fingerprint density at radius 3 is 2.67 bits per heavy atom. The first-order chi connectivity index (χ1) is 8.65. The van der Waals surface area contributed by atoms with Crippen molar-refractivity contribution in [3.05, 3.63) is 30.0 Å². The molecule has 0 aliphatic rings. The van der Waals surface area contributed by atoms with Gasteiger partial charge in [-0.15, -0.1) is 0 Å². The van der Waals surface area contributed by atoms with Crippen molar-refractivity contribution in [2.75, 3.05) is 7.11 Å². The predicted octanol–water partition coefficient (Wildman–Crippen LogP) is 0.722. The van der Waals surface area contributed by atoms with E-state index in [1.807, 2.05) is 0 Å². The molecule has 0 spiro atoms. The molecule has 0 atom stereocenters. The van der Waals surface area contributed by atoms with Crippen molar-refractivity contribution in [3.8, 4) is 11.3 Å². The monoisotopic (exact) mass is 248 g/mol. The number of methoxy groups -OCH3 is 1. The van der Waals surface area contributed by atoms with E-state index in [0.717, 1.165) is 0 Å². The van der Waals surface area contributed by atoms with E-state index in [0.29, 0.717) is 17.0 Å². The Hall–Kier alpha value is -2.28. The second kappa shape index (κ2) is 4.92. The molecule has 0 aliphatic carbocycles. The number of aromatic nitrogens is 4. The van der Waals surface area contributed by atoms with Gasteiger partial charge in [0.1, 0.15) is 17.6 Å². The number of ether oxygens (including phenoxy) is 1. The van der Waals surface area contributed by atoms with Crippen molar-refractivity contribution in [2.24, 2.45) is 7.05 Å². The van der Waals surface area contributed by atoms with Crippen LogP contribution in [0, 0.1) is 0 Å². The summed E-state index contributed by atoms with van der Waals surface area (Å²) in [5.74, 6) is -1.05. The molecule has 0 fully saturated rings. The van der Waals surface area contributed by atoms with Crippen molar-refractivity contribution >= 4 is 5.97 Å². The first kappa shape index (κ1) is 12.2. The van der Waals surface area contributed by atoms with Crippen LogP contribution < -0.4 is 0 Å². The maximum Gasteiger partial charge on any atom is 0.339 e. The Kier molecular flexibility index (Phi) is 3.33. The average molecular weight is 248 g/mol. The molecule has 0 aromatic carbocycles. The molecule has 94 valence electrons. The molecule has 0 aliphatic heterocycles. The topological polar surface area (TPSA) is 90.1 Å². The van der Waals surface area contributed by atoms with Crippen molar-refractivity contribution in [1.29, 1.82) is 0 Å². The summed E-state index contributed by atoms with van der Waals surface area (Å²) in [4.78, 5) is 19.1. The van der Waals surface area contributed by atoms with Crippen LogP contribution in [0.3, 0.4) is 0 Å². The van der Waals surface area contributed by atoms with E-state index in [9.17, 15) is 9.90 Å². The standard InChI is InChI=1S/C11H12N4O3/c1-15-10(7-3-12-6-13-4-7)9(11(16)17)8(14-15)5-18-2/h3-4,6H,5H2,1-2H3,(H,16,17). The first-order valence-electron chi connectivity index (χ1n) is 5.18. The minimum Gasteiger partial charge on any atom is -0.478 e. The van der Waals surface area contributed by atoms with Crippen molar-refractivity contribution < 1.29 is 14.6 Å². The Labute approximate surface area is 103 Å². The predicted molar refractivity (Wildman–Crippen MR) is 61.9 cm³/mol. The van der Waals surface area contributed by atoms with Gasteiger partial charge >= 0.3 is 5.97 Å². The van der Waals surface area contributed by atoms with Gasteiger partial charge in [-0.05, 0) is 0 Å². The first-order valence-corrected chi connectivity index (χ1v) is 5.18. The highest BCUT2D eigenvalue weighted by Crippen LogP contribution is 2.25. The number of carboxylic acids is 1. The van der Waals surface area contributed by atoms with E-state index >= 15 is 0 Å². The van der Waals surface area contributed by atoms with E-state index in [-0.39, 0.29) is 12.2 Å². The van der Waals surface area contributed by atoms with Crippen LogP contribution in [-0.2, 0) is 18.4 Å². The van der Waals surface area contributed by atoms with E-state index in [1.54, 1.807) is 19.4 Å². The molecule has 1 N–H and O–H groups in total. The highest BCUT2D eigenvalue weighted by Gasteiger charge is 2.23. The van der Waals surface area contributed by atoms with Crippen molar-refractivity contribution in [3.63, 3.8) is 0 Å². The molecule has 0 radical (unpaired) electrons. The number of aromatic carboxylic acids is 1. The number of carbonyl (C=O) groups is 1. The summed E-state index contributed by atoms with van der Waals surface area (Å²) >= 11 is 0. The summed E-state index contributed by atoms with van der Waals surface area (Å²) < 4.78 is 6.45. The minimum absolute atomic E-state index is 0.120. The minimum atomic E-state index is -1.05. The third-order valence-electron chi connectivity index (χ3n) is 2.45. The molecule has 0 amide bonds. The molecule has 2 aromatic rings. The van der Waals surface area contributed by atoms with Gasteiger partial charge in [0, 0.05) is 32.1 Å². The summed E-state index contributed by atoms with van der Waals surface area (Å²) in [6.07, 6.45) is 4.48. The number of nitrogens with zero attached hydrogens (tertiary/aromatic N) is 4. The third-order valence-corrected chi connectivity index (χ3v) is 2.45. The van der Waals surface area contributed by atoms with Gasteiger partial charge in [-0.2, -0.15) is 5.10 Å². The van der Waals surface area contributed by atoms with Gasteiger partial charge in [0.2, 0.25) is 0 Å². The summed E-state index contributed by atoms with van der Waals surface area (Å²) in [5.41, 5.74) is 1.57.